The number of carbonyl (C=O) groups is 3. The van der Waals surface area contributed by atoms with Gasteiger partial charge in [-0.3, -0.25) is 24.6 Å². The van der Waals surface area contributed by atoms with Crippen molar-refractivity contribution in [2.24, 2.45) is 0 Å². The Labute approximate surface area is 329 Å². The van der Waals surface area contributed by atoms with Gasteiger partial charge in [-0.05, 0) is 85.8 Å². The molecule has 292 valence electrons. The van der Waals surface area contributed by atoms with Crippen LogP contribution >= 0.6 is 0 Å². The van der Waals surface area contributed by atoms with Crippen molar-refractivity contribution in [1.29, 1.82) is 0 Å². The number of imide groups is 1. The number of piperidine rings is 2. The molecule has 15 heteroatoms. The molecule has 2 fully saturated rings. The number of carbonyl (C=O) groups excluding carboxylic acids is 3. The highest BCUT2D eigenvalue weighted by atomic mass is 16.5. The Balaban J connectivity index is 0.858. The zero-order chi connectivity index (χ0) is 39.7. The second-order valence-corrected chi connectivity index (χ2v) is 15.9. The number of anilines is 1. The van der Waals surface area contributed by atoms with E-state index in [9.17, 15) is 14.4 Å². The maximum Gasteiger partial charge on any atom is 0.292 e. The number of hydrogen-bond donors (Lipinski definition) is 3. The molecule has 8 rings (SSSR count). The van der Waals surface area contributed by atoms with Crippen molar-refractivity contribution in [3.63, 3.8) is 0 Å². The average Bonchev–Trinajstić information content (AvgIpc) is 3.89. The van der Waals surface area contributed by atoms with Gasteiger partial charge in [0.15, 0.2) is 0 Å². The van der Waals surface area contributed by atoms with Crippen LogP contribution in [0.15, 0.2) is 77.7 Å². The molecule has 15 nitrogen and oxygen atoms in total. The Hall–Kier alpha value is -6.35. The van der Waals surface area contributed by atoms with Crippen LogP contribution in [-0.2, 0) is 28.1 Å². The minimum absolute atomic E-state index is 0.0211. The normalized spacial score (nSPS) is 16.8. The van der Waals surface area contributed by atoms with Crippen molar-refractivity contribution in [3.8, 4) is 22.4 Å². The van der Waals surface area contributed by atoms with Gasteiger partial charge < -0.3 is 15.2 Å². The van der Waals surface area contributed by atoms with E-state index in [0.717, 1.165) is 77.2 Å². The van der Waals surface area contributed by atoms with Gasteiger partial charge in [0, 0.05) is 48.2 Å². The lowest BCUT2D eigenvalue weighted by atomic mass is 9.93. The Morgan fingerprint density at radius 2 is 1.74 bits per heavy atom. The first kappa shape index (κ1) is 37.6. The Morgan fingerprint density at radius 1 is 0.947 bits per heavy atom. The van der Waals surface area contributed by atoms with E-state index in [1.165, 1.54) is 5.56 Å². The fourth-order valence-electron chi connectivity index (χ4n) is 7.32. The largest absolute Gasteiger partial charge is 0.357 e. The summed E-state index contributed by atoms with van der Waals surface area (Å²) < 4.78 is 7.13. The fraction of sp³-hybridized carbons (Fsp3) is 0.357. The third-order valence-electron chi connectivity index (χ3n) is 10.7. The van der Waals surface area contributed by atoms with Gasteiger partial charge in [0.2, 0.25) is 17.7 Å². The third-order valence-corrected chi connectivity index (χ3v) is 10.7. The molecule has 1 atom stereocenters. The number of likely N-dealkylation sites (tertiary alicyclic amines) is 1. The first-order chi connectivity index (χ1) is 27.5. The second-order valence-electron chi connectivity index (χ2n) is 15.9. The van der Waals surface area contributed by atoms with Crippen LogP contribution < -0.4 is 16.0 Å². The monoisotopic (exact) mass is 767 g/mol. The van der Waals surface area contributed by atoms with Gasteiger partial charge in [-0.1, -0.05) is 62.3 Å². The van der Waals surface area contributed by atoms with E-state index in [0.29, 0.717) is 37.0 Å². The Bertz CT molecular complexity index is 2430. The van der Waals surface area contributed by atoms with Crippen molar-refractivity contribution in [2.75, 3.05) is 18.4 Å². The molecule has 6 heterocycles. The molecule has 0 spiro atoms. The summed E-state index contributed by atoms with van der Waals surface area (Å²) in [6.45, 7) is 11.0. The second kappa shape index (κ2) is 15.7. The summed E-state index contributed by atoms with van der Waals surface area (Å²) in [7, 11) is 0. The van der Waals surface area contributed by atoms with Crippen LogP contribution in [0.5, 0.6) is 0 Å². The molecule has 3 amide bonds. The highest BCUT2D eigenvalue weighted by Gasteiger charge is 2.28. The maximum absolute atomic E-state index is 12.7. The quantitative estimate of drug-likeness (QED) is 0.152. The minimum atomic E-state index is -0.478. The zero-order valence-corrected chi connectivity index (χ0v) is 32.5. The van der Waals surface area contributed by atoms with Crippen LogP contribution in [0.1, 0.15) is 91.3 Å². The van der Waals surface area contributed by atoms with Crippen LogP contribution in [0.2, 0.25) is 0 Å². The van der Waals surface area contributed by atoms with Crippen molar-refractivity contribution in [3.05, 3.63) is 107 Å². The molecule has 0 unspecified atom stereocenters. The summed E-state index contributed by atoms with van der Waals surface area (Å²) in [4.78, 5) is 47.6. The molecular weight excluding hydrogens is 723 g/mol. The lowest BCUT2D eigenvalue weighted by Gasteiger charge is -2.31. The Morgan fingerprint density at radius 3 is 2.44 bits per heavy atom. The van der Waals surface area contributed by atoms with Crippen LogP contribution in [0.4, 0.5) is 5.82 Å². The zero-order valence-electron chi connectivity index (χ0n) is 32.5. The van der Waals surface area contributed by atoms with E-state index in [2.05, 4.69) is 87.7 Å². The van der Waals surface area contributed by atoms with E-state index < -0.39 is 6.04 Å². The summed E-state index contributed by atoms with van der Waals surface area (Å²) in [5.41, 5.74) is 8.69. The molecule has 2 aromatic carbocycles. The molecule has 2 aliphatic rings. The van der Waals surface area contributed by atoms with Crippen molar-refractivity contribution in [1.82, 2.24) is 50.5 Å². The number of benzene rings is 2. The molecule has 0 saturated carbocycles. The topological polar surface area (TPSA) is 185 Å². The van der Waals surface area contributed by atoms with Crippen molar-refractivity contribution < 1.29 is 18.9 Å². The number of nitrogens with one attached hydrogen (secondary N) is 3. The van der Waals surface area contributed by atoms with Crippen LogP contribution in [-0.4, -0.2) is 76.7 Å². The molecule has 2 saturated heterocycles. The van der Waals surface area contributed by atoms with Crippen LogP contribution in [0.25, 0.3) is 27.9 Å². The fourth-order valence-corrected chi connectivity index (χ4v) is 7.32. The van der Waals surface area contributed by atoms with Gasteiger partial charge in [0.1, 0.15) is 18.2 Å². The van der Waals surface area contributed by atoms with E-state index in [4.69, 9.17) is 4.52 Å². The first-order valence-electron chi connectivity index (χ1n) is 19.3. The molecular formula is C42H45N11O4. The number of aromatic nitrogens is 7. The number of rotatable bonds is 10. The standard InChI is InChI=1S/C42H45N11O4/c1-25-19-29(9-10-30(25)21-43-40(56)38-48-41(57-51-38)42(2,3)4)37-34-20-31(23-53(34)45-24-44-37)27-7-5-26(6-8-27)22-52-17-15-28(16-18-52)32-11-13-35(50-49-32)46-33-12-14-36(54)47-39(33)55/h5-11,13,19-20,23-24,28,33H,12,14-18,21-22H2,1-4H3,(H,43,56)(H,46,50)(H,47,54,55)/t33-/m0/s1. The molecule has 0 bridgehead atoms. The molecule has 0 radical (unpaired) electrons. The smallest absolute Gasteiger partial charge is 0.292 e. The number of fused-ring (bicyclic) bond motifs is 1. The van der Waals surface area contributed by atoms with Gasteiger partial charge in [0.05, 0.1) is 16.9 Å². The number of nitrogens with zero attached hydrogens (tertiary/aromatic N) is 8. The van der Waals surface area contributed by atoms with Crippen molar-refractivity contribution >= 4 is 29.1 Å². The van der Waals surface area contributed by atoms with Crippen LogP contribution in [0, 0.1) is 6.92 Å². The Kier molecular flexibility index (Phi) is 10.3. The molecule has 0 aliphatic carbocycles. The molecule has 4 aromatic heterocycles. The van der Waals surface area contributed by atoms with Crippen LogP contribution in [0.3, 0.4) is 0 Å². The lowest BCUT2D eigenvalue weighted by molar-refractivity contribution is -0.133. The summed E-state index contributed by atoms with van der Waals surface area (Å²) >= 11 is 0. The van der Waals surface area contributed by atoms with E-state index in [-0.39, 0.29) is 29.0 Å². The molecule has 3 N–H and O–H groups in total. The van der Waals surface area contributed by atoms with Gasteiger partial charge in [-0.15, -0.1) is 5.10 Å². The number of aryl methyl sites for hydroxylation is 1. The highest BCUT2D eigenvalue weighted by Crippen LogP contribution is 2.31. The average molecular weight is 768 g/mol. The van der Waals surface area contributed by atoms with E-state index in [1.807, 2.05) is 62.7 Å². The van der Waals surface area contributed by atoms with E-state index in [1.54, 1.807) is 6.33 Å². The molecule has 6 aromatic rings. The summed E-state index contributed by atoms with van der Waals surface area (Å²) in [6.07, 6.45) is 6.34. The van der Waals surface area contributed by atoms with Gasteiger partial charge in [-0.2, -0.15) is 15.2 Å². The minimum Gasteiger partial charge on any atom is -0.357 e. The highest BCUT2D eigenvalue weighted by molar-refractivity contribution is 6.01. The summed E-state index contributed by atoms with van der Waals surface area (Å²) in [6, 6.07) is 20.3. The van der Waals surface area contributed by atoms with Gasteiger partial charge in [0.25, 0.3) is 11.7 Å². The number of hydrogen-bond acceptors (Lipinski definition) is 12. The SMILES string of the molecule is Cc1cc(-c2ncnn3cc(-c4ccc(CN5CCC(c6ccc(N[C@H]7CCC(=O)NC7=O)nn6)CC5)cc4)cc23)ccc1CNC(=O)c1noc(C(C)(C)C)n1. The first-order valence-corrected chi connectivity index (χ1v) is 19.3. The summed E-state index contributed by atoms with van der Waals surface area (Å²) in [5, 5.41) is 25.5. The maximum atomic E-state index is 12.7. The summed E-state index contributed by atoms with van der Waals surface area (Å²) in [5.74, 6) is 0.357. The molecule has 57 heavy (non-hydrogen) atoms. The number of amides is 3. The van der Waals surface area contributed by atoms with E-state index >= 15 is 0 Å². The van der Waals surface area contributed by atoms with Gasteiger partial charge in [-0.25, -0.2) is 9.50 Å². The lowest BCUT2D eigenvalue weighted by Crippen LogP contribution is -2.47. The van der Waals surface area contributed by atoms with Crippen molar-refractivity contribution in [2.45, 2.75) is 83.8 Å². The van der Waals surface area contributed by atoms with Gasteiger partial charge >= 0.3 is 0 Å². The molecule has 2 aliphatic heterocycles. The predicted octanol–water partition coefficient (Wildman–Crippen LogP) is 5.37. The third kappa shape index (κ3) is 8.43. The predicted molar refractivity (Wildman–Crippen MR) is 212 cm³/mol.